The molecule has 3 N–H and O–H groups in total. The smallest absolute Gasteiger partial charge is 0.316 e. The minimum atomic E-state index is -0.689. The Hall–Kier alpha value is -2.90. The molecule has 1 aromatic heterocycles. The Balaban J connectivity index is 0.00000240. The van der Waals surface area contributed by atoms with Crippen LogP contribution in [-0.4, -0.2) is 39.5 Å². The van der Waals surface area contributed by atoms with Gasteiger partial charge < -0.3 is 20.2 Å². The Morgan fingerprint density at radius 1 is 1.14 bits per heavy atom. The lowest BCUT2D eigenvalue weighted by Gasteiger charge is -2.17. The zero-order chi connectivity index (χ0) is 19.8. The van der Waals surface area contributed by atoms with Crippen molar-refractivity contribution in [3.05, 3.63) is 80.4 Å². The summed E-state index contributed by atoms with van der Waals surface area (Å²) < 4.78 is 1.40. The van der Waals surface area contributed by atoms with Gasteiger partial charge in [-0.2, -0.15) is 0 Å². The zero-order valence-electron chi connectivity index (χ0n) is 16.0. The van der Waals surface area contributed by atoms with E-state index in [9.17, 15) is 14.4 Å². The van der Waals surface area contributed by atoms with Crippen molar-refractivity contribution in [3.63, 3.8) is 0 Å². The third kappa shape index (κ3) is 3.71. The Morgan fingerprint density at radius 3 is 2.55 bits per heavy atom. The number of benzene rings is 2. The Labute approximate surface area is 173 Å². The van der Waals surface area contributed by atoms with Gasteiger partial charge in [-0.05, 0) is 30.7 Å². The highest BCUT2D eigenvalue weighted by molar-refractivity contribution is 5.97. The molecule has 1 aliphatic heterocycles. The number of H-pyrrole nitrogens is 1. The normalized spacial score (nSPS) is 18.6. The van der Waals surface area contributed by atoms with E-state index in [-0.39, 0.29) is 30.3 Å². The van der Waals surface area contributed by atoms with Gasteiger partial charge in [0.05, 0.1) is 11.0 Å². The number of aromatic amines is 1. The van der Waals surface area contributed by atoms with Crippen LogP contribution in [0, 0.1) is 0 Å². The third-order valence-corrected chi connectivity index (χ3v) is 5.42. The minimum Gasteiger partial charge on any atom is -0.336 e. The molecule has 0 spiro atoms. The molecule has 1 amide bonds. The largest absolute Gasteiger partial charge is 0.336 e. The van der Waals surface area contributed by atoms with Crippen LogP contribution in [0.3, 0.4) is 0 Å². The summed E-state index contributed by atoms with van der Waals surface area (Å²) in [6.45, 7) is 3.20. The fraction of sp³-hybridized carbons (Fsp3) is 0.286. The number of amides is 1. The number of nitrogens with zero attached hydrogens (tertiary/aromatic N) is 2. The van der Waals surface area contributed by atoms with Crippen molar-refractivity contribution in [2.45, 2.75) is 25.4 Å². The van der Waals surface area contributed by atoms with Crippen LogP contribution in [0.4, 0.5) is 0 Å². The second-order valence-electron chi connectivity index (χ2n) is 7.13. The standard InChI is InChI=1S/C21H22N4O3.ClH/c1-2-25-18-9-8-14(10-17(18)23-19(26)21(25)28)20(27)24-11-15(16(22)12-24)13-6-4-3-5-7-13;/h3-10,15-16H,2,11-12,22H2,1H3,(H,23,26);1H/t15-,16+;/m0./s1. The maximum absolute atomic E-state index is 13.0. The van der Waals surface area contributed by atoms with E-state index in [1.165, 1.54) is 4.57 Å². The van der Waals surface area contributed by atoms with E-state index in [0.29, 0.717) is 36.2 Å². The van der Waals surface area contributed by atoms with Crippen molar-refractivity contribution >= 4 is 29.3 Å². The average molecular weight is 415 g/mol. The lowest BCUT2D eigenvalue weighted by Crippen LogP contribution is -2.36. The third-order valence-electron chi connectivity index (χ3n) is 5.42. The van der Waals surface area contributed by atoms with E-state index in [4.69, 9.17) is 5.73 Å². The molecular weight excluding hydrogens is 392 g/mol. The molecule has 2 aromatic carbocycles. The van der Waals surface area contributed by atoms with Gasteiger partial charge in [0.1, 0.15) is 0 Å². The molecule has 0 radical (unpaired) electrons. The molecule has 4 rings (SSSR count). The van der Waals surface area contributed by atoms with Crippen LogP contribution in [0.15, 0.2) is 58.1 Å². The molecule has 2 atom stereocenters. The highest BCUT2D eigenvalue weighted by atomic mass is 35.5. The van der Waals surface area contributed by atoms with Crippen molar-refractivity contribution in [2.75, 3.05) is 13.1 Å². The van der Waals surface area contributed by atoms with Crippen molar-refractivity contribution < 1.29 is 4.79 Å². The van der Waals surface area contributed by atoms with Crippen molar-refractivity contribution in [3.8, 4) is 0 Å². The molecule has 0 aliphatic carbocycles. The quantitative estimate of drug-likeness (QED) is 0.637. The van der Waals surface area contributed by atoms with Crippen molar-refractivity contribution in [1.82, 2.24) is 14.5 Å². The van der Waals surface area contributed by atoms with Gasteiger partial charge in [0.25, 0.3) is 5.91 Å². The van der Waals surface area contributed by atoms with Gasteiger partial charge in [-0.3, -0.25) is 14.4 Å². The van der Waals surface area contributed by atoms with Gasteiger partial charge in [-0.25, -0.2) is 0 Å². The summed E-state index contributed by atoms with van der Waals surface area (Å²) in [5.41, 5.74) is 7.68. The van der Waals surface area contributed by atoms with Crippen LogP contribution in [0.2, 0.25) is 0 Å². The van der Waals surface area contributed by atoms with Crippen LogP contribution < -0.4 is 16.9 Å². The summed E-state index contributed by atoms with van der Waals surface area (Å²) in [6.07, 6.45) is 0. The molecule has 2 heterocycles. The Bertz CT molecular complexity index is 1160. The van der Waals surface area contributed by atoms with E-state index in [2.05, 4.69) is 4.98 Å². The number of nitrogens with one attached hydrogen (secondary N) is 1. The number of carbonyl (C=O) groups excluding carboxylic acids is 1. The molecule has 1 fully saturated rings. The van der Waals surface area contributed by atoms with Gasteiger partial charge in [-0.15, -0.1) is 12.4 Å². The number of hydrogen-bond donors (Lipinski definition) is 2. The molecule has 0 unspecified atom stereocenters. The van der Waals surface area contributed by atoms with Crippen LogP contribution in [0.5, 0.6) is 0 Å². The molecular formula is C21H23ClN4O3. The summed E-state index contributed by atoms with van der Waals surface area (Å²) in [4.78, 5) is 41.2. The summed E-state index contributed by atoms with van der Waals surface area (Å²) >= 11 is 0. The second kappa shape index (κ2) is 8.23. The maximum atomic E-state index is 13.0. The molecule has 0 bridgehead atoms. The number of rotatable bonds is 3. The van der Waals surface area contributed by atoms with Crippen LogP contribution >= 0.6 is 12.4 Å². The topological polar surface area (TPSA) is 101 Å². The van der Waals surface area contributed by atoms with Gasteiger partial charge in [0.2, 0.25) is 0 Å². The predicted molar refractivity (Wildman–Crippen MR) is 115 cm³/mol. The summed E-state index contributed by atoms with van der Waals surface area (Å²) in [5, 5.41) is 0. The number of aryl methyl sites for hydroxylation is 1. The average Bonchev–Trinajstić information content (AvgIpc) is 3.10. The number of aromatic nitrogens is 2. The SMILES string of the molecule is CCn1c(=O)c(=O)[nH]c2cc(C(=O)N3C[C@@H](N)[C@H](c4ccccc4)C3)ccc21.Cl. The number of halogens is 1. The minimum absolute atomic E-state index is 0. The number of carbonyl (C=O) groups is 1. The molecule has 1 aliphatic rings. The van der Waals surface area contributed by atoms with E-state index in [1.807, 2.05) is 30.3 Å². The predicted octanol–water partition coefficient (Wildman–Crippen LogP) is 1.70. The molecule has 8 heteroatoms. The molecule has 0 saturated carbocycles. The second-order valence-corrected chi connectivity index (χ2v) is 7.13. The van der Waals surface area contributed by atoms with Crippen LogP contribution in [0.1, 0.15) is 28.8 Å². The number of nitrogens with two attached hydrogens (primary N) is 1. The highest BCUT2D eigenvalue weighted by Crippen LogP contribution is 2.27. The number of hydrogen-bond acceptors (Lipinski definition) is 4. The Morgan fingerprint density at radius 2 is 1.86 bits per heavy atom. The first-order valence-corrected chi connectivity index (χ1v) is 9.36. The van der Waals surface area contributed by atoms with E-state index in [1.54, 1.807) is 30.0 Å². The number of likely N-dealkylation sites (tertiary alicyclic amines) is 1. The van der Waals surface area contributed by atoms with Gasteiger partial charge in [0, 0.05) is 37.2 Å². The van der Waals surface area contributed by atoms with Gasteiger partial charge >= 0.3 is 11.1 Å². The lowest BCUT2D eigenvalue weighted by molar-refractivity contribution is 0.0789. The highest BCUT2D eigenvalue weighted by Gasteiger charge is 2.34. The molecule has 1 saturated heterocycles. The van der Waals surface area contributed by atoms with Crippen LogP contribution in [0.25, 0.3) is 11.0 Å². The Kier molecular flexibility index (Phi) is 5.91. The fourth-order valence-corrected chi connectivity index (χ4v) is 3.96. The summed E-state index contributed by atoms with van der Waals surface area (Å²) in [5.74, 6) is -0.0402. The molecule has 29 heavy (non-hydrogen) atoms. The van der Waals surface area contributed by atoms with E-state index in [0.717, 1.165) is 5.56 Å². The molecule has 3 aromatic rings. The maximum Gasteiger partial charge on any atom is 0.316 e. The summed E-state index contributed by atoms with van der Waals surface area (Å²) in [7, 11) is 0. The zero-order valence-corrected chi connectivity index (χ0v) is 16.8. The first-order chi connectivity index (χ1) is 13.5. The molecule has 152 valence electrons. The summed E-state index contributed by atoms with van der Waals surface area (Å²) in [6, 6.07) is 14.9. The first-order valence-electron chi connectivity index (χ1n) is 9.36. The van der Waals surface area contributed by atoms with Crippen molar-refractivity contribution in [1.29, 1.82) is 0 Å². The lowest BCUT2D eigenvalue weighted by atomic mass is 9.95. The number of fused-ring (bicyclic) bond motifs is 1. The van der Waals surface area contributed by atoms with E-state index >= 15 is 0 Å². The van der Waals surface area contributed by atoms with Gasteiger partial charge in [0.15, 0.2) is 0 Å². The monoisotopic (exact) mass is 414 g/mol. The molecule has 7 nitrogen and oxygen atoms in total. The fourth-order valence-electron chi connectivity index (χ4n) is 3.96. The van der Waals surface area contributed by atoms with E-state index < -0.39 is 11.1 Å². The van der Waals surface area contributed by atoms with Crippen LogP contribution in [-0.2, 0) is 6.54 Å². The van der Waals surface area contributed by atoms with Gasteiger partial charge in [-0.1, -0.05) is 30.3 Å². The van der Waals surface area contributed by atoms with Crippen molar-refractivity contribution in [2.24, 2.45) is 5.73 Å². The first kappa shape index (κ1) is 20.8.